The molecule has 7 heteroatoms. The molecule has 0 aromatic heterocycles. The molecule has 35 heavy (non-hydrogen) atoms. The molecule has 0 radical (unpaired) electrons. The molecule has 4 nitrogen and oxygen atoms in total. The third kappa shape index (κ3) is 6.72. The van der Waals surface area contributed by atoms with Gasteiger partial charge in [0.1, 0.15) is 0 Å². The number of para-hydroxylation sites is 2. The standard InChI is InChI=1S/2C14H13NO.2FH.Ti/c2*1-11-7-9-12(10-8-11)14(16)15-13-5-3-2-4-6-13;;;/h2*2-10H,1H3,(H,15,16);2*1H;/q;;;;+4/p-4. The number of halogens is 2. The SMILES string of the molecule is Cc1ccc(C(=O)[N]([Ti+2][N](C(=O)c2ccc(C)cc2)c2ccccc2)c2ccccc2)cc1.[F-].[F-]. The Morgan fingerprint density at radius 1 is 0.514 bits per heavy atom. The van der Waals surface area contributed by atoms with Gasteiger partial charge < -0.3 is 9.41 Å². The van der Waals surface area contributed by atoms with Crippen LogP contribution in [0.5, 0.6) is 0 Å². The summed E-state index contributed by atoms with van der Waals surface area (Å²) in [6.07, 6.45) is 0. The molecule has 4 rings (SSSR count). The number of amides is 2. The van der Waals surface area contributed by atoms with Crippen LogP contribution in [-0.4, -0.2) is 11.8 Å². The second kappa shape index (κ2) is 12.7. The van der Waals surface area contributed by atoms with E-state index in [0.717, 1.165) is 22.5 Å². The van der Waals surface area contributed by atoms with Crippen LogP contribution in [0.15, 0.2) is 109 Å². The molecule has 176 valence electrons. The molecule has 0 unspecified atom stereocenters. The minimum atomic E-state index is -1.42. The van der Waals surface area contributed by atoms with E-state index in [1.807, 2.05) is 123 Å². The molecule has 0 spiro atoms. The maximum atomic E-state index is 13.6. The van der Waals surface area contributed by atoms with Crippen LogP contribution in [0.1, 0.15) is 31.8 Å². The number of nitrogens with zero attached hydrogens (tertiary/aromatic N) is 2. The summed E-state index contributed by atoms with van der Waals surface area (Å²) in [7, 11) is 0. The van der Waals surface area contributed by atoms with E-state index in [1.165, 1.54) is 0 Å². The van der Waals surface area contributed by atoms with Gasteiger partial charge in [0.05, 0.1) is 0 Å². The number of carbonyl (C=O) groups excluding carboxylic acids is 2. The maximum Gasteiger partial charge on any atom is -1.00 e. The van der Waals surface area contributed by atoms with Crippen molar-refractivity contribution in [3.05, 3.63) is 131 Å². The van der Waals surface area contributed by atoms with Crippen LogP contribution in [-0.2, 0) is 19.7 Å². The first-order chi connectivity index (χ1) is 16.0. The molecule has 0 heterocycles. The number of hydrogen-bond donors (Lipinski definition) is 0. The second-order valence-corrected chi connectivity index (χ2v) is 9.49. The number of hydrogen-bond acceptors (Lipinski definition) is 2. The number of rotatable bonds is 6. The average molecular weight is 506 g/mol. The van der Waals surface area contributed by atoms with Crippen molar-refractivity contribution in [1.29, 1.82) is 0 Å². The maximum absolute atomic E-state index is 13.6. The Morgan fingerprint density at radius 2 is 0.829 bits per heavy atom. The van der Waals surface area contributed by atoms with E-state index >= 15 is 0 Å². The van der Waals surface area contributed by atoms with E-state index in [-0.39, 0.29) is 21.2 Å². The Kier molecular flexibility index (Phi) is 10.1. The molecule has 2 amide bonds. The zero-order chi connectivity index (χ0) is 23.2. The molecule has 0 aliphatic carbocycles. The summed E-state index contributed by atoms with van der Waals surface area (Å²) in [4.78, 5) is 27.3. The van der Waals surface area contributed by atoms with Gasteiger partial charge in [0, 0.05) is 0 Å². The van der Waals surface area contributed by atoms with Crippen molar-refractivity contribution in [2.45, 2.75) is 13.8 Å². The summed E-state index contributed by atoms with van der Waals surface area (Å²) in [5.41, 5.74) is 4.94. The van der Waals surface area contributed by atoms with Crippen LogP contribution in [0.4, 0.5) is 11.4 Å². The van der Waals surface area contributed by atoms with E-state index < -0.39 is 19.7 Å². The Bertz CT molecular complexity index is 1140. The number of anilines is 2. The fraction of sp³-hybridized carbons (Fsp3) is 0.0714. The fourth-order valence-corrected chi connectivity index (χ4v) is 5.17. The second-order valence-electron chi connectivity index (χ2n) is 7.78. The summed E-state index contributed by atoms with van der Waals surface area (Å²) in [5.74, 6) is -0.224. The van der Waals surface area contributed by atoms with E-state index in [9.17, 15) is 9.59 Å². The quantitative estimate of drug-likeness (QED) is 0.352. The first-order valence-corrected chi connectivity index (χ1v) is 12.1. The van der Waals surface area contributed by atoms with Gasteiger partial charge in [-0.25, -0.2) is 0 Å². The molecular formula is C28H24F2N2O2Ti. The van der Waals surface area contributed by atoms with Crippen LogP contribution < -0.4 is 16.2 Å². The summed E-state index contributed by atoms with van der Waals surface area (Å²) in [6.45, 7) is 3.99. The van der Waals surface area contributed by atoms with E-state index in [0.29, 0.717) is 11.1 Å². The van der Waals surface area contributed by atoms with Crippen molar-refractivity contribution in [1.82, 2.24) is 0 Å². The molecule has 0 saturated carbocycles. The van der Waals surface area contributed by atoms with Gasteiger partial charge in [-0.1, -0.05) is 0 Å². The molecule has 0 atom stereocenters. The third-order valence-corrected chi connectivity index (χ3v) is 7.30. The fourth-order valence-electron chi connectivity index (χ4n) is 3.35. The first kappa shape index (κ1) is 27.6. The number of benzene rings is 4. The van der Waals surface area contributed by atoms with Crippen LogP contribution in [0, 0.1) is 13.8 Å². The van der Waals surface area contributed by atoms with E-state index in [4.69, 9.17) is 0 Å². The molecule has 4 aromatic rings. The van der Waals surface area contributed by atoms with Gasteiger partial charge in [0.25, 0.3) is 0 Å². The molecule has 0 aliphatic rings. The van der Waals surface area contributed by atoms with Crippen molar-refractivity contribution < 1.29 is 38.7 Å². The Balaban J connectivity index is 0.00000216. The number of carbonyl (C=O) groups is 2. The van der Waals surface area contributed by atoms with Crippen LogP contribution in [0.3, 0.4) is 0 Å². The van der Waals surface area contributed by atoms with Crippen LogP contribution in [0.2, 0.25) is 0 Å². The summed E-state index contributed by atoms with van der Waals surface area (Å²) < 4.78 is 3.54. The average Bonchev–Trinajstić information content (AvgIpc) is 2.86. The molecule has 0 bridgehead atoms. The van der Waals surface area contributed by atoms with Crippen molar-refractivity contribution in [3.63, 3.8) is 0 Å². The third-order valence-electron chi connectivity index (χ3n) is 5.23. The normalized spacial score (nSPS) is 9.66. The van der Waals surface area contributed by atoms with Crippen molar-refractivity contribution >= 4 is 23.2 Å². The zero-order valence-corrected chi connectivity index (χ0v) is 20.9. The largest absolute Gasteiger partial charge is 1.00 e. The van der Waals surface area contributed by atoms with Crippen molar-refractivity contribution in [2.75, 3.05) is 6.76 Å². The Morgan fingerprint density at radius 3 is 1.14 bits per heavy atom. The Labute approximate surface area is 213 Å². The van der Waals surface area contributed by atoms with Crippen molar-refractivity contribution in [3.8, 4) is 0 Å². The molecule has 4 aromatic carbocycles. The molecule has 0 fully saturated rings. The molecule has 0 N–H and O–H groups in total. The zero-order valence-electron chi connectivity index (χ0n) is 19.4. The molecule has 0 aliphatic heterocycles. The Hall–Kier alpha value is -3.61. The predicted molar refractivity (Wildman–Crippen MR) is 129 cm³/mol. The van der Waals surface area contributed by atoms with Crippen LogP contribution in [0.25, 0.3) is 0 Å². The van der Waals surface area contributed by atoms with Gasteiger partial charge in [-0.2, -0.15) is 0 Å². The van der Waals surface area contributed by atoms with Crippen molar-refractivity contribution in [2.24, 2.45) is 0 Å². The van der Waals surface area contributed by atoms with Crippen LogP contribution >= 0.6 is 0 Å². The predicted octanol–water partition coefficient (Wildman–Crippen LogP) is 0.218. The smallest absolute Gasteiger partial charge is 1.00 e. The van der Waals surface area contributed by atoms with E-state index in [2.05, 4.69) is 0 Å². The van der Waals surface area contributed by atoms with Gasteiger partial charge in [0.15, 0.2) is 0 Å². The monoisotopic (exact) mass is 506 g/mol. The van der Waals surface area contributed by atoms with E-state index in [1.54, 1.807) is 6.76 Å². The first-order valence-electron chi connectivity index (χ1n) is 10.7. The summed E-state index contributed by atoms with van der Waals surface area (Å²) in [6, 6.07) is 34.2. The number of aryl methyl sites for hydroxylation is 2. The minimum absolute atomic E-state index is 0. The van der Waals surface area contributed by atoms with Gasteiger partial charge in [0.2, 0.25) is 0 Å². The molecule has 0 saturated heterocycles. The van der Waals surface area contributed by atoms with Gasteiger partial charge in [-0.3, -0.25) is 0 Å². The van der Waals surface area contributed by atoms with Gasteiger partial charge in [-0.05, 0) is 0 Å². The minimum Gasteiger partial charge on any atom is -1.00 e. The molecular weight excluding hydrogens is 482 g/mol. The van der Waals surface area contributed by atoms with Gasteiger partial charge >= 0.3 is 205 Å². The van der Waals surface area contributed by atoms with Gasteiger partial charge in [-0.15, -0.1) is 0 Å². The topological polar surface area (TPSA) is 40.6 Å². The summed E-state index contributed by atoms with van der Waals surface area (Å²) >= 11 is -1.42. The summed E-state index contributed by atoms with van der Waals surface area (Å²) in [5, 5.41) is 0.